The Morgan fingerprint density at radius 2 is 2.33 bits per heavy atom. The molecule has 1 aliphatic rings. The van der Waals surface area contributed by atoms with Crippen LogP contribution in [0, 0.1) is 10.1 Å². The molecule has 0 radical (unpaired) electrons. The van der Waals surface area contributed by atoms with Gasteiger partial charge in [0.2, 0.25) is 0 Å². The number of methoxy groups -OCH3 is 1. The van der Waals surface area contributed by atoms with Crippen LogP contribution in [0.4, 0.5) is 0 Å². The Labute approximate surface area is 68.5 Å². The van der Waals surface area contributed by atoms with Crippen molar-refractivity contribution in [1.82, 2.24) is 0 Å². The number of allylic oxidation sites excluding steroid dienone is 2. The maximum absolute atomic E-state index is 11.1. The van der Waals surface area contributed by atoms with Crippen LogP contribution >= 0.6 is 0 Å². The molecular weight excluding hydrogens is 162 g/mol. The summed E-state index contributed by atoms with van der Waals surface area (Å²) in [6.07, 6.45) is 3.26. The molecular formula is C7H7NO4. The monoisotopic (exact) mass is 169 g/mol. The summed E-state index contributed by atoms with van der Waals surface area (Å²) in [5.41, 5.74) is -0.427. The van der Waals surface area contributed by atoms with Crippen molar-refractivity contribution in [3.8, 4) is 0 Å². The average Bonchev–Trinajstić information content (AvgIpc) is 2.04. The lowest BCUT2D eigenvalue weighted by Gasteiger charge is -2.09. The van der Waals surface area contributed by atoms with Gasteiger partial charge in [-0.15, -0.1) is 0 Å². The van der Waals surface area contributed by atoms with Crippen LogP contribution < -0.4 is 0 Å². The van der Waals surface area contributed by atoms with Crippen LogP contribution in [-0.2, 0) is 9.53 Å². The van der Waals surface area contributed by atoms with Crippen LogP contribution in [0.5, 0.6) is 0 Å². The molecule has 0 aromatic carbocycles. The molecule has 1 aliphatic carbocycles. The topological polar surface area (TPSA) is 69.4 Å². The summed E-state index contributed by atoms with van der Waals surface area (Å²) >= 11 is 0. The standard InChI is InChI=1S/C7H7NO4/c1-12-6-4-2-3-5(7(6)9)8(10)11/h2-4,6H,1H3. The Morgan fingerprint density at radius 3 is 2.83 bits per heavy atom. The highest BCUT2D eigenvalue weighted by molar-refractivity contribution is 5.99. The number of rotatable bonds is 2. The fraction of sp³-hybridized carbons (Fsp3) is 0.286. The molecule has 0 bridgehead atoms. The minimum absolute atomic E-state index is 0.427. The van der Waals surface area contributed by atoms with Gasteiger partial charge in [0, 0.05) is 13.2 Å². The van der Waals surface area contributed by atoms with Crippen LogP contribution in [0.25, 0.3) is 0 Å². The Hall–Kier alpha value is -1.49. The molecule has 0 aromatic heterocycles. The van der Waals surface area contributed by atoms with Gasteiger partial charge in [0.15, 0.2) is 0 Å². The third-order valence-electron chi connectivity index (χ3n) is 1.50. The van der Waals surface area contributed by atoms with Crippen molar-refractivity contribution in [3.05, 3.63) is 34.0 Å². The van der Waals surface area contributed by atoms with Crippen molar-refractivity contribution in [2.45, 2.75) is 6.10 Å². The molecule has 0 heterocycles. The lowest BCUT2D eigenvalue weighted by molar-refractivity contribution is -0.419. The highest BCUT2D eigenvalue weighted by atomic mass is 16.6. The Balaban J connectivity index is 2.91. The third kappa shape index (κ3) is 1.40. The van der Waals surface area contributed by atoms with Crippen molar-refractivity contribution < 1.29 is 14.5 Å². The van der Waals surface area contributed by atoms with Gasteiger partial charge in [-0.3, -0.25) is 14.9 Å². The van der Waals surface area contributed by atoms with E-state index in [-0.39, 0.29) is 0 Å². The molecule has 0 saturated heterocycles. The predicted octanol–water partition coefficient (Wildman–Crippen LogP) is 0.301. The minimum atomic E-state index is -0.810. The summed E-state index contributed by atoms with van der Waals surface area (Å²) in [6, 6.07) is 0. The molecule has 0 aromatic rings. The molecule has 1 rings (SSSR count). The first-order valence-corrected chi connectivity index (χ1v) is 3.26. The fourth-order valence-electron chi connectivity index (χ4n) is 0.899. The van der Waals surface area contributed by atoms with Crippen LogP contribution in [0.2, 0.25) is 0 Å². The van der Waals surface area contributed by atoms with E-state index in [1.807, 2.05) is 0 Å². The highest BCUT2D eigenvalue weighted by Crippen LogP contribution is 2.11. The van der Waals surface area contributed by atoms with Gasteiger partial charge in [-0.2, -0.15) is 0 Å². The first-order valence-electron chi connectivity index (χ1n) is 3.26. The zero-order valence-electron chi connectivity index (χ0n) is 6.39. The molecule has 0 fully saturated rings. The summed E-state index contributed by atoms with van der Waals surface area (Å²) in [4.78, 5) is 20.7. The number of hydrogen-bond acceptors (Lipinski definition) is 4. The maximum Gasteiger partial charge on any atom is 0.315 e. The SMILES string of the molecule is COC1C=CC=C([N+](=O)[O-])C1=O. The second kappa shape index (κ2) is 3.27. The van der Waals surface area contributed by atoms with E-state index in [9.17, 15) is 14.9 Å². The summed E-state index contributed by atoms with van der Waals surface area (Å²) in [5.74, 6) is -0.606. The van der Waals surface area contributed by atoms with E-state index in [4.69, 9.17) is 4.74 Å². The predicted molar refractivity (Wildman–Crippen MR) is 40.0 cm³/mol. The Morgan fingerprint density at radius 1 is 1.67 bits per heavy atom. The van der Waals surface area contributed by atoms with E-state index in [0.717, 1.165) is 6.08 Å². The summed E-state index contributed by atoms with van der Waals surface area (Å²) < 4.78 is 4.70. The Kier molecular flexibility index (Phi) is 2.35. The summed E-state index contributed by atoms with van der Waals surface area (Å²) in [5, 5.41) is 10.3. The number of carbonyl (C=O) groups excluding carboxylic acids is 1. The number of carbonyl (C=O) groups is 1. The van der Waals surface area contributed by atoms with Crippen molar-refractivity contribution >= 4 is 5.78 Å². The van der Waals surface area contributed by atoms with Gasteiger partial charge >= 0.3 is 5.70 Å². The number of Topliss-reactive ketones (excluding diaryl/α,β-unsaturated/α-hetero) is 1. The number of nitrogens with zero attached hydrogens (tertiary/aromatic N) is 1. The van der Waals surface area contributed by atoms with E-state index < -0.39 is 22.5 Å². The molecule has 1 unspecified atom stereocenters. The fourth-order valence-corrected chi connectivity index (χ4v) is 0.899. The maximum atomic E-state index is 11.1. The molecule has 12 heavy (non-hydrogen) atoms. The molecule has 0 spiro atoms. The third-order valence-corrected chi connectivity index (χ3v) is 1.50. The first kappa shape index (κ1) is 8.61. The smallest absolute Gasteiger partial charge is 0.315 e. The van der Waals surface area contributed by atoms with Crippen LogP contribution in [0.15, 0.2) is 23.9 Å². The van der Waals surface area contributed by atoms with Crippen molar-refractivity contribution in [3.63, 3.8) is 0 Å². The molecule has 0 aliphatic heterocycles. The zero-order chi connectivity index (χ0) is 9.14. The summed E-state index contributed by atoms with van der Waals surface area (Å²) in [6.45, 7) is 0. The minimum Gasteiger partial charge on any atom is -0.369 e. The lowest BCUT2D eigenvalue weighted by atomic mass is 10.1. The van der Waals surface area contributed by atoms with Gasteiger partial charge in [0.25, 0.3) is 5.78 Å². The number of nitro groups is 1. The van der Waals surface area contributed by atoms with E-state index >= 15 is 0 Å². The second-order valence-electron chi connectivity index (χ2n) is 2.21. The van der Waals surface area contributed by atoms with Gasteiger partial charge in [-0.05, 0) is 6.08 Å². The normalized spacial score (nSPS) is 22.2. The zero-order valence-corrected chi connectivity index (χ0v) is 6.39. The average molecular weight is 169 g/mol. The molecule has 0 amide bonds. The summed E-state index contributed by atoms with van der Waals surface area (Å²) in [7, 11) is 1.33. The van der Waals surface area contributed by atoms with E-state index in [0.29, 0.717) is 0 Å². The van der Waals surface area contributed by atoms with Gasteiger partial charge in [-0.1, -0.05) is 6.08 Å². The molecule has 1 atom stereocenters. The molecule has 5 nitrogen and oxygen atoms in total. The molecule has 64 valence electrons. The van der Waals surface area contributed by atoms with Crippen molar-refractivity contribution in [1.29, 1.82) is 0 Å². The number of ether oxygens (including phenoxy) is 1. The van der Waals surface area contributed by atoms with Gasteiger partial charge in [0.1, 0.15) is 6.10 Å². The largest absolute Gasteiger partial charge is 0.369 e. The van der Waals surface area contributed by atoms with Crippen molar-refractivity contribution in [2.24, 2.45) is 0 Å². The van der Waals surface area contributed by atoms with Crippen molar-refractivity contribution in [2.75, 3.05) is 7.11 Å². The Bertz CT molecular complexity index is 279. The molecule has 0 N–H and O–H groups in total. The quantitative estimate of drug-likeness (QED) is 0.440. The number of ketones is 1. The van der Waals surface area contributed by atoms with Crippen LogP contribution in [-0.4, -0.2) is 23.9 Å². The molecule has 0 saturated carbocycles. The highest BCUT2D eigenvalue weighted by Gasteiger charge is 2.30. The lowest BCUT2D eigenvalue weighted by Crippen LogP contribution is -2.27. The van der Waals surface area contributed by atoms with Gasteiger partial charge in [-0.25, -0.2) is 0 Å². The van der Waals surface area contributed by atoms with Crippen LogP contribution in [0.3, 0.4) is 0 Å². The van der Waals surface area contributed by atoms with Gasteiger partial charge < -0.3 is 4.74 Å². The van der Waals surface area contributed by atoms with Gasteiger partial charge in [0.05, 0.1) is 4.92 Å². The van der Waals surface area contributed by atoms with E-state index in [1.165, 1.54) is 19.3 Å². The van der Waals surface area contributed by atoms with E-state index in [1.54, 1.807) is 0 Å². The van der Waals surface area contributed by atoms with E-state index in [2.05, 4.69) is 0 Å². The second-order valence-corrected chi connectivity index (χ2v) is 2.21. The number of hydrogen-bond donors (Lipinski definition) is 0. The first-order chi connectivity index (χ1) is 5.66. The molecule has 5 heteroatoms. The van der Waals surface area contributed by atoms with Crippen LogP contribution in [0.1, 0.15) is 0 Å².